The van der Waals surface area contributed by atoms with E-state index in [0.29, 0.717) is 23.0 Å². The molecule has 2 unspecified atom stereocenters. The van der Waals surface area contributed by atoms with Crippen LogP contribution >= 0.6 is 11.6 Å². The molecule has 138 valence electrons. The number of nitrogens with zero attached hydrogens (tertiary/aromatic N) is 1. The smallest absolute Gasteiger partial charge is 0.251 e. The van der Waals surface area contributed by atoms with Crippen molar-refractivity contribution in [2.75, 3.05) is 33.9 Å². The van der Waals surface area contributed by atoms with E-state index in [0.717, 1.165) is 32.4 Å². The van der Waals surface area contributed by atoms with E-state index < -0.39 is 5.79 Å². The number of nitrogens with one attached hydrogen (secondary N) is 1. The first kappa shape index (κ1) is 18.6. The fourth-order valence-electron chi connectivity index (χ4n) is 4.14. The Kier molecular flexibility index (Phi) is 6.00. The van der Waals surface area contributed by atoms with Gasteiger partial charge in [0.25, 0.3) is 5.91 Å². The van der Waals surface area contributed by atoms with E-state index in [1.807, 2.05) is 0 Å². The van der Waals surface area contributed by atoms with E-state index in [9.17, 15) is 4.79 Å². The highest BCUT2D eigenvalue weighted by atomic mass is 35.5. The average molecular weight is 367 g/mol. The zero-order valence-electron chi connectivity index (χ0n) is 15.0. The Morgan fingerprint density at radius 2 is 1.92 bits per heavy atom. The molecule has 1 aliphatic heterocycles. The minimum Gasteiger partial charge on any atom is -0.352 e. The molecule has 0 radical (unpaired) electrons. The van der Waals surface area contributed by atoms with E-state index in [2.05, 4.69) is 10.2 Å². The van der Waals surface area contributed by atoms with Crippen LogP contribution in [0, 0.1) is 5.92 Å². The van der Waals surface area contributed by atoms with Gasteiger partial charge in [-0.2, -0.15) is 0 Å². The highest BCUT2D eigenvalue weighted by molar-refractivity contribution is 6.30. The predicted octanol–water partition coefficient (Wildman–Crippen LogP) is 2.93. The van der Waals surface area contributed by atoms with E-state index >= 15 is 0 Å². The summed E-state index contributed by atoms with van der Waals surface area (Å²) in [6, 6.07) is 7.15. The Morgan fingerprint density at radius 1 is 1.24 bits per heavy atom. The van der Waals surface area contributed by atoms with E-state index in [4.69, 9.17) is 21.1 Å². The number of benzene rings is 1. The lowest BCUT2D eigenvalue weighted by Crippen LogP contribution is -2.65. The van der Waals surface area contributed by atoms with Crippen LogP contribution < -0.4 is 5.32 Å². The largest absolute Gasteiger partial charge is 0.352 e. The van der Waals surface area contributed by atoms with Gasteiger partial charge in [0.05, 0.1) is 6.04 Å². The molecule has 1 amide bonds. The number of amides is 1. The lowest BCUT2D eigenvalue weighted by Gasteiger charge is -2.53. The summed E-state index contributed by atoms with van der Waals surface area (Å²) in [4.78, 5) is 14.9. The van der Waals surface area contributed by atoms with Crippen molar-refractivity contribution in [3.8, 4) is 0 Å². The second-order valence-electron chi connectivity index (χ2n) is 6.92. The van der Waals surface area contributed by atoms with Gasteiger partial charge in [-0.15, -0.1) is 0 Å². The van der Waals surface area contributed by atoms with Gasteiger partial charge in [-0.25, -0.2) is 0 Å². The summed E-state index contributed by atoms with van der Waals surface area (Å²) >= 11 is 5.89. The number of hydrogen-bond acceptors (Lipinski definition) is 4. The zero-order valence-corrected chi connectivity index (χ0v) is 15.7. The number of methoxy groups -OCH3 is 2. The minimum absolute atomic E-state index is 0.0648. The summed E-state index contributed by atoms with van der Waals surface area (Å²) in [5.41, 5.74) is 0.630. The third-order valence-electron chi connectivity index (χ3n) is 5.60. The van der Waals surface area contributed by atoms with Crippen molar-refractivity contribution < 1.29 is 14.3 Å². The number of carbonyl (C=O) groups is 1. The van der Waals surface area contributed by atoms with Crippen LogP contribution in [-0.4, -0.2) is 56.5 Å². The minimum atomic E-state index is -0.575. The molecule has 1 aromatic carbocycles. The highest BCUT2D eigenvalue weighted by Gasteiger charge is 2.50. The van der Waals surface area contributed by atoms with Crippen molar-refractivity contribution in [1.29, 1.82) is 0 Å². The molecule has 25 heavy (non-hydrogen) atoms. The van der Waals surface area contributed by atoms with Gasteiger partial charge >= 0.3 is 0 Å². The van der Waals surface area contributed by atoms with Gasteiger partial charge in [-0.3, -0.25) is 9.69 Å². The van der Waals surface area contributed by atoms with Crippen molar-refractivity contribution in [3.05, 3.63) is 34.9 Å². The van der Waals surface area contributed by atoms with Crippen LogP contribution in [0.15, 0.2) is 24.3 Å². The first-order valence-corrected chi connectivity index (χ1v) is 9.35. The summed E-state index contributed by atoms with van der Waals surface area (Å²) < 4.78 is 11.7. The Bertz CT molecular complexity index is 585. The molecule has 1 aliphatic carbocycles. The van der Waals surface area contributed by atoms with Crippen LogP contribution in [0.3, 0.4) is 0 Å². The van der Waals surface area contributed by atoms with Crippen LogP contribution in [0.4, 0.5) is 0 Å². The third kappa shape index (κ3) is 3.85. The van der Waals surface area contributed by atoms with Gasteiger partial charge in [0, 0.05) is 37.8 Å². The molecular formula is C19H27ClN2O3. The third-order valence-corrected chi connectivity index (χ3v) is 5.86. The molecule has 1 saturated heterocycles. The number of likely N-dealkylation sites (tertiary alicyclic amines) is 1. The van der Waals surface area contributed by atoms with Gasteiger partial charge in [0.1, 0.15) is 0 Å². The van der Waals surface area contributed by atoms with Gasteiger partial charge < -0.3 is 14.8 Å². The summed E-state index contributed by atoms with van der Waals surface area (Å²) in [5, 5.41) is 3.72. The van der Waals surface area contributed by atoms with E-state index in [1.54, 1.807) is 38.5 Å². The number of carbonyl (C=O) groups excluding carboxylic acids is 1. The second kappa shape index (κ2) is 8.04. The van der Waals surface area contributed by atoms with Crippen LogP contribution in [0.25, 0.3) is 0 Å². The molecule has 0 bridgehead atoms. The Labute approximate surface area is 154 Å². The molecule has 2 fully saturated rings. The first-order valence-electron chi connectivity index (χ1n) is 8.98. The van der Waals surface area contributed by atoms with Gasteiger partial charge in [0.15, 0.2) is 5.79 Å². The maximum absolute atomic E-state index is 12.4. The molecule has 3 rings (SSSR count). The Hall–Kier alpha value is -1.14. The van der Waals surface area contributed by atoms with Crippen molar-refractivity contribution in [1.82, 2.24) is 10.2 Å². The van der Waals surface area contributed by atoms with Crippen LogP contribution in [0.2, 0.25) is 5.02 Å². The number of hydrogen-bond donors (Lipinski definition) is 1. The molecule has 1 N–H and O–H groups in total. The fraction of sp³-hybridized carbons (Fsp3) is 0.632. The summed E-state index contributed by atoms with van der Waals surface area (Å²) in [6.45, 7) is 2.76. The lowest BCUT2D eigenvalue weighted by molar-refractivity contribution is -0.273. The summed E-state index contributed by atoms with van der Waals surface area (Å²) in [5.74, 6) is -0.329. The normalized spacial score (nSPS) is 26.0. The van der Waals surface area contributed by atoms with E-state index in [-0.39, 0.29) is 11.9 Å². The molecule has 1 aromatic rings. The maximum Gasteiger partial charge on any atom is 0.251 e. The number of ether oxygens (including phenoxy) is 2. The summed E-state index contributed by atoms with van der Waals surface area (Å²) in [6.07, 6.45) is 4.21. The van der Waals surface area contributed by atoms with Crippen molar-refractivity contribution in [2.24, 2.45) is 5.92 Å². The standard InChI is InChI=1S/C19H27ClN2O3/c1-24-19(25-2)10-3-5-15(17(19)22-11-4-12-22)13-21-18(23)14-6-8-16(20)9-7-14/h6-9,15,17H,3-5,10-13H2,1-2H3,(H,21,23). The van der Waals surface area contributed by atoms with Crippen molar-refractivity contribution in [2.45, 2.75) is 37.5 Å². The second-order valence-corrected chi connectivity index (χ2v) is 7.36. The number of rotatable bonds is 6. The maximum atomic E-state index is 12.4. The lowest BCUT2D eigenvalue weighted by atomic mass is 9.77. The van der Waals surface area contributed by atoms with Gasteiger partial charge in [-0.05, 0) is 62.5 Å². The molecule has 1 saturated carbocycles. The van der Waals surface area contributed by atoms with Gasteiger partial charge in [0.2, 0.25) is 0 Å². The average Bonchev–Trinajstić information content (AvgIpc) is 2.60. The quantitative estimate of drug-likeness (QED) is 0.786. The molecular weight excluding hydrogens is 340 g/mol. The fourth-order valence-corrected chi connectivity index (χ4v) is 4.27. The molecule has 2 aliphatic rings. The topological polar surface area (TPSA) is 50.8 Å². The SMILES string of the molecule is COC1(OC)CCCC(CNC(=O)c2ccc(Cl)cc2)C1N1CCC1. The van der Waals surface area contributed by atoms with Crippen LogP contribution in [-0.2, 0) is 9.47 Å². The van der Waals surface area contributed by atoms with Crippen molar-refractivity contribution >= 4 is 17.5 Å². The Morgan fingerprint density at radius 3 is 2.48 bits per heavy atom. The molecule has 5 nitrogen and oxygen atoms in total. The Balaban J connectivity index is 1.68. The van der Waals surface area contributed by atoms with Crippen LogP contribution in [0.5, 0.6) is 0 Å². The monoisotopic (exact) mass is 366 g/mol. The molecule has 0 spiro atoms. The zero-order chi connectivity index (χ0) is 17.9. The van der Waals surface area contributed by atoms with E-state index in [1.165, 1.54) is 6.42 Å². The summed E-state index contributed by atoms with van der Waals surface area (Å²) in [7, 11) is 3.45. The first-order chi connectivity index (χ1) is 12.1. The van der Waals surface area contributed by atoms with Gasteiger partial charge in [-0.1, -0.05) is 11.6 Å². The molecule has 2 atom stereocenters. The number of halogens is 1. The molecule has 0 aromatic heterocycles. The predicted molar refractivity (Wildman–Crippen MR) is 97.9 cm³/mol. The highest BCUT2D eigenvalue weighted by Crippen LogP contribution is 2.40. The molecule has 6 heteroatoms. The van der Waals surface area contributed by atoms with Crippen molar-refractivity contribution in [3.63, 3.8) is 0 Å². The molecule has 1 heterocycles. The van der Waals surface area contributed by atoms with Crippen LogP contribution in [0.1, 0.15) is 36.0 Å².